The van der Waals surface area contributed by atoms with Crippen molar-refractivity contribution in [2.45, 2.75) is 30.7 Å². The van der Waals surface area contributed by atoms with Crippen LogP contribution in [0, 0.1) is 6.92 Å². The van der Waals surface area contributed by atoms with Gasteiger partial charge in [0.05, 0.1) is 24.2 Å². The molecule has 33 heavy (non-hydrogen) atoms. The standard InChI is InChI=1S/C26H28N2O4S/c1-19-11-12-21(18-25(19)33(30,31)27-14-16-32-17-15-27)26(29)28-13-5-10-24(28)23-9-4-7-20-6-2-3-8-22(20)23/h2-4,6-9,11-12,18,24H,5,10,13-17H2,1H3. The molecule has 1 amide bonds. The summed E-state index contributed by atoms with van der Waals surface area (Å²) < 4.78 is 33.3. The highest BCUT2D eigenvalue weighted by atomic mass is 32.2. The van der Waals surface area contributed by atoms with Crippen LogP contribution < -0.4 is 0 Å². The van der Waals surface area contributed by atoms with E-state index in [0.29, 0.717) is 44.0 Å². The smallest absolute Gasteiger partial charge is 0.254 e. The summed E-state index contributed by atoms with van der Waals surface area (Å²) in [7, 11) is -3.68. The molecule has 7 heteroatoms. The molecule has 2 aliphatic rings. The summed E-state index contributed by atoms with van der Waals surface area (Å²) in [6.07, 6.45) is 1.81. The third-order valence-corrected chi connectivity index (χ3v) is 8.76. The number of amides is 1. The highest BCUT2D eigenvalue weighted by Crippen LogP contribution is 2.37. The second kappa shape index (κ2) is 8.89. The lowest BCUT2D eigenvalue weighted by molar-refractivity contribution is 0.0727. The molecule has 0 spiro atoms. The zero-order chi connectivity index (χ0) is 23.0. The van der Waals surface area contributed by atoms with Gasteiger partial charge in [-0.3, -0.25) is 4.79 Å². The molecule has 0 bridgehead atoms. The maximum Gasteiger partial charge on any atom is 0.254 e. The summed E-state index contributed by atoms with van der Waals surface area (Å²) in [5.74, 6) is -0.121. The third-order valence-electron chi connectivity index (χ3n) is 6.72. The van der Waals surface area contributed by atoms with Gasteiger partial charge in [0.1, 0.15) is 0 Å². The van der Waals surface area contributed by atoms with Crippen LogP contribution in [0.1, 0.15) is 40.4 Å². The fraction of sp³-hybridized carbons (Fsp3) is 0.346. The largest absolute Gasteiger partial charge is 0.379 e. The lowest BCUT2D eigenvalue weighted by Gasteiger charge is -2.28. The number of aryl methyl sites for hydroxylation is 1. The molecule has 0 N–H and O–H groups in total. The van der Waals surface area contributed by atoms with Gasteiger partial charge in [0, 0.05) is 25.2 Å². The Bertz CT molecular complexity index is 1290. The first-order chi connectivity index (χ1) is 16.0. The van der Waals surface area contributed by atoms with Crippen LogP contribution in [-0.2, 0) is 14.8 Å². The number of likely N-dealkylation sites (tertiary alicyclic amines) is 1. The third kappa shape index (κ3) is 4.05. The second-order valence-corrected chi connectivity index (χ2v) is 10.6. The van der Waals surface area contributed by atoms with E-state index in [9.17, 15) is 13.2 Å². The second-order valence-electron chi connectivity index (χ2n) is 8.72. The van der Waals surface area contributed by atoms with Gasteiger partial charge in [-0.25, -0.2) is 8.42 Å². The fourth-order valence-corrected chi connectivity index (χ4v) is 6.64. The molecular formula is C26H28N2O4S. The molecule has 3 aromatic carbocycles. The number of hydrogen-bond acceptors (Lipinski definition) is 4. The lowest BCUT2D eigenvalue weighted by atomic mass is 9.97. The molecule has 0 aliphatic carbocycles. The van der Waals surface area contributed by atoms with E-state index in [4.69, 9.17) is 4.74 Å². The van der Waals surface area contributed by atoms with Crippen molar-refractivity contribution in [1.82, 2.24) is 9.21 Å². The van der Waals surface area contributed by atoms with Crippen molar-refractivity contribution in [3.63, 3.8) is 0 Å². The summed E-state index contributed by atoms with van der Waals surface area (Å²) in [5, 5.41) is 2.31. The van der Waals surface area contributed by atoms with Gasteiger partial charge in [0.2, 0.25) is 10.0 Å². The minimum absolute atomic E-state index is 0.0239. The number of benzene rings is 3. The number of carbonyl (C=O) groups is 1. The highest BCUT2D eigenvalue weighted by Gasteiger charge is 2.33. The van der Waals surface area contributed by atoms with Crippen LogP contribution >= 0.6 is 0 Å². The van der Waals surface area contributed by atoms with Crippen molar-refractivity contribution in [3.8, 4) is 0 Å². The Labute approximate surface area is 194 Å². The Morgan fingerprint density at radius 2 is 1.73 bits per heavy atom. The average molecular weight is 465 g/mol. The summed E-state index contributed by atoms with van der Waals surface area (Å²) in [6, 6.07) is 19.5. The summed E-state index contributed by atoms with van der Waals surface area (Å²) >= 11 is 0. The van der Waals surface area contributed by atoms with Crippen molar-refractivity contribution in [2.75, 3.05) is 32.8 Å². The maximum atomic E-state index is 13.6. The van der Waals surface area contributed by atoms with E-state index in [2.05, 4.69) is 24.3 Å². The van der Waals surface area contributed by atoms with Crippen LogP contribution in [0.3, 0.4) is 0 Å². The average Bonchev–Trinajstić information content (AvgIpc) is 3.34. The topological polar surface area (TPSA) is 66.9 Å². The Kier molecular flexibility index (Phi) is 5.95. The molecule has 2 heterocycles. The van der Waals surface area contributed by atoms with E-state index < -0.39 is 10.0 Å². The molecule has 6 nitrogen and oxygen atoms in total. The molecule has 0 aromatic heterocycles. The molecule has 2 aliphatic heterocycles. The monoisotopic (exact) mass is 464 g/mol. The van der Waals surface area contributed by atoms with Gasteiger partial charge < -0.3 is 9.64 Å². The van der Waals surface area contributed by atoms with Crippen molar-refractivity contribution in [2.24, 2.45) is 0 Å². The van der Waals surface area contributed by atoms with E-state index in [1.54, 1.807) is 25.1 Å². The van der Waals surface area contributed by atoms with Crippen LogP contribution in [0.5, 0.6) is 0 Å². The van der Waals surface area contributed by atoms with Crippen molar-refractivity contribution in [3.05, 3.63) is 77.4 Å². The Hall–Kier alpha value is -2.74. The number of morpholine rings is 1. The van der Waals surface area contributed by atoms with E-state index in [1.807, 2.05) is 23.1 Å². The zero-order valence-corrected chi connectivity index (χ0v) is 19.6. The molecule has 5 rings (SSSR count). The first-order valence-corrected chi connectivity index (χ1v) is 12.9. The van der Waals surface area contributed by atoms with Crippen LogP contribution in [0.25, 0.3) is 10.8 Å². The number of carbonyl (C=O) groups excluding carboxylic acids is 1. The molecule has 2 fully saturated rings. The first kappa shape index (κ1) is 22.1. The summed E-state index contributed by atoms with van der Waals surface area (Å²) in [5.41, 5.74) is 2.21. The van der Waals surface area contributed by atoms with Crippen LogP contribution in [0.2, 0.25) is 0 Å². The van der Waals surface area contributed by atoms with Crippen molar-refractivity contribution >= 4 is 26.7 Å². The number of sulfonamides is 1. The van der Waals surface area contributed by atoms with Gasteiger partial charge in [-0.2, -0.15) is 4.31 Å². The number of fused-ring (bicyclic) bond motifs is 1. The number of ether oxygens (including phenoxy) is 1. The van der Waals surface area contributed by atoms with Gasteiger partial charge >= 0.3 is 0 Å². The summed E-state index contributed by atoms with van der Waals surface area (Å²) in [6.45, 7) is 3.86. The van der Waals surface area contributed by atoms with Gasteiger partial charge in [-0.1, -0.05) is 48.5 Å². The number of hydrogen-bond donors (Lipinski definition) is 0. The molecule has 2 saturated heterocycles. The van der Waals surface area contributed by atoms with Crippen LogP contribution in [0.15, 0.2) is 65.6 Å². The zero-order valence-electron chi connectivity index (χ0n) is 18.7. The van der Waals surface area contributed by atoms with Gasteiger partial charge in [-0.15, -0.1) is 0 Å². The predicted octanol–water partition coefficient (Wildman–Crippen LogP) is 4.15. The maximum absolute atomic E-state index is 13.6. The van der Waals surface area contributed by atoms with Gasteiger partial charge in [0.15, 0.2) is 0 Å². The molecular weight excluding hydrogens is 436 g/mol. The van der Waals surface area contributed by atoms with Crippen molar-refractivity contribution < 1.29 is 17.9 Å². The van der Waals surface area contributed by atoms with Crippen LogP contribution in [-0.4, -0.2) is 56.4 Å². The Morgan fingerprint density at radius 3 is 2.55 bits per heavy atom. The number of rotatable bonds is 4. The van der Waals surface area contributed by atoms with Crippen molar-refractivity contribution in [1.29, 1.82) is 0 Å². The van der Waals surface area contributed by atoms with Gasteiger partial charge in [0.25, 0.3) is 5.91 Å². The highest BCUT2D eigenvalue weighted by molar-refractivity contribution is 7.89. The first-order valence-electron chi connectivity index (χ1n) is 11.4. The molecule has 3 aromatic rings. The Balaban J connectivity index is 1.48. The minimum atomic E-state index is -3.68. The number of nitrogens with zero attached hydrogens (tertiary/aromatic N) is 2. The Morgan fingerprint density at radius 1 is 0.970 bits per heavy atom. The van der Waals surface area contributed by atoms with E-state index >= 15 is 0 Å². The molecule has 1 atom stereocenters. The van der Waals surface area contributed by atoms with E-state index in [1.165, 1.54) is 4.31 Å². The predicted molar refractivity (Wildman–Crippen MR) is 128 cm³/mol. The minimum Gasteiger partial charge on any atom is -0.379 e. The molecule has 0 radical (unpaired) electrons. The SMILES string of the molecule is Cc1ccc(C(=O)N2CCCC2c2cccc3ccccc23)cc1S(=O)(=O)N1CCOCC1. The molecule has 0 saturated carbocycles. The fourth-order valence-electron chi connectivity index (χ4n) is 4.98. The quantitative estimate of drug-likeness (QED) is 0.582. The van der Waals surface area contributed by atoms with E-state index in [-0.39, 0.29) is 16.8 Å². The normalized spacial score (nSPS) is 19.8. The van der Waals surface area contributed by atoms with Gasteiger partial charge in [-0.05, 0) is 53.8 Å². The molecule has 172 valence electrons. The van der Waals surface area contributed by atoms with E-state index in [0.717, 1.165) is 29.2 Å². The molecule has 1 unspecified atom stereocenters. The van der Waals surface area contributed by atoms with Crippen LogP contribution in [0.4, 0.5) is 0 Å². The summed E-state index contributed by atoms with van der Waals surface area (Å²) in [4.78, 5) is 15.7. The lowest BCUT2D eigenvalue weighted by Crippen LogP contribution is -2.41.